The van der Waals surface area contributed by atoms with Crippen LogP contribution in [0.25, 0.3) is 0 Å². The van der Waals surface area contributed by atoms with Crippen LogP contribution in [0, 0.1) is 11.8 Å². The first-order chi connectivity index (χ1) is 5.93. The summed E-state index contributed by atoms with van der Waals surface area (Å²) in [5.41, 5.74) is 5.47. The van der Waals surface area contributed by atoms with Gasteiger partial charge in [-0.1, -0.05) is 32.1 Å². The van der Waals surface area contributed by atoms with Crippen LogP contribution in [-0.2, 0) is 0 Å². The fourth-order valence-electron chi connectivity index (χ4n) is 1.79. The highest BCUT2D eigenvalue weighted by Crippen LogP contribution is 2.31. The highest BCUT2D eigenvalue weighted by Gasteiger charge is 2.28. The van der Waals surface area contributed by atoms with Crippen LogP contribution in [0.1, 0.15) is 27.2 Å². The van der Waals surface area contributed by atoms with Crippen LogP contribution >= 0.6 is 0 Å². The summed E-state index contributed by atoms with van der Waals surface area (Å²) < 4.78 is 0. The van der Waals surface area contributed by atoms with Gasteiger partial charge in [-0.2, -0.15) is 0 Å². The van der Waals surface area contributed by atoms with E-state index < -0.39 is 5.72 Å². The van der Waals surface area contributed by atoms with Gasteiger partial charge in [0, 0.05) is 5.92 Å². The Morgan fingerprint density at radius 1 is 1.62 bits per heavy atom. The second-order valence-electron chi connectivity index (χ2n) is 4.24. The molecule has 0 spiro atoms. The molecule has 0 fully saturated rings. The molecule has 0 heterocycles. The quantitative estimate of drug-likeness (QED) is 0.504. The van der Waals surface area contributed by atoms with Gasteiger partial charge in [0.05, 0.1) is 0 Å². The van der Waals surface area contributed by atoms with E-state index in [-0.39, 0.29) is 5.92 Å². The van der Waals surface area contributed by atoms with E-state index in [0.717, 1.165) is 12.0 Å². The van der Waals surface area contributed by atoms with Crippen molar-refractivity contribution < 1.29 is 5.11 Å². The van der Waals surface area contributed by atoms with Gasteiger partial charge in [-0.3, -0.25) is 0 Å². The zero-order chi connectivity index (χ0) is 10.1. The second kappa shape index (κ2) is 3.64. The van der Waals surface area contributed by atoms with Gasteiger partial charge in [0.15, 0.2) is 0 Å². The highest BCUT2D eigenvalue weighted by atomic mass is 16.3. The third-order valence-electron chi connectivity index (χ3n) is 2.48. The van der Waals surface area contributed by atoms with Crippen LogP contribution in [0.5, 0.6) is 0 Å². The van der Waals surface area contributed by atoms with Gasteiger partial charge >= 0.3 is 0 Å². The normalized spacial score (nSPS) is 27.2. The van der Waals surface area contributed by atoms with Crippen molar-refractivity contribution in [2.75, 3.05) is 0 Å². The molecule has 0 radical (unpaired) electrons. The molecule has 0 aliphatic heterocycles. The van der Waals surface area contributed by atoms with E-state index in [1.165, 1.54) is 0 Å². The molecule has 2 atom stereocenters. The molecule has 3 N–H and O–H groups in total. The summed E-state index contributed by atoms with van der Waals surface area (Å²) in [5.74, 6) is 0.770. The third kappa shape index (κ3) is 2.42. The van der Waals surface area contributed by atoms with E-state index in [1.54, 1.807) is 6.92 Å². The number of allylic oxidation sites excluding steroid dienone is 3. The molecular formula is C11H19NO. The van der Waals surface area contributed by atoms with Crippen molar-refractivity contribution >= 4 is 0 Å². The first-order valence-electron chi connectivity index (χ1n) is 4.81. The van der Waals surface area contributed by atoms with Crippen molar-refractivity contribution in [3.05, 3.63) is 23.8 Å². The lowest BCUT2D eigenvalue weighted by Crippen LogP contribution is -2.41. The van der Waals surface area contributed by atoms with Gasteiger partial charge < -0.3 is 10.8 Å². The molecule has 1 rings (SSSR count). The van der Waals surface area contributed by atoms with Crippen LogP contribution in [0.3, 0.4) is 0 Å². The topological polar surface area (TPSA) is 46.2 Å². The van der Waals surface area contributed by atoms with Gasteiger partial charge in [0.1, 0.15) is 5.72 Å². The lowest BCUT2D eigenvalue weighted by molar-refractivity contribution is 0.0928. The van der Waals surface area contributed by atoms with Crippen molar-refractivity contribution in [1.29, 1.82) is 0 Å². The lowest BCUT2D eigenvalue weighted by Gasteiger charge is -2.31. The molecule has 0 aromatic carbocycles. The van der Waals surface area contributed by atoms with Crippen molar-refractivity contribution in [2.24, 2.45) is 17.6 Å². The van der Waals surface area contributed by atoms with Gasteiger partial charge in [-0.25, -0.2) is 0 Å². The largest absolute Gasteiger partial charge is 0.372 e. The summed E-state index contributed by atoms with van der Waals surface area (Å²) >= 11 is 0. The molecule has 0 bridgehead atoms. The molecule has 0 aromatic heterocycles. The monoisotopic (exact) mass is 181 g/mol. The first kappa shape index (κ1) is 10.5. The molecule has 2 nitrogen and oxygen atoms in total. The Kier molecular flexibility index (Phi) is 2.94. The molecule has 13 heavy (non-hydrogen) atoms. The van der Waals surface area contributed by atoms with E-state index in [1.807, 2.05) is 6.08 Å². The Morgan fingerprint density at radius 2 is 2.23 bits per heavy atom. The van der Waals surface area contributed by atoms with Crippen LogP contribution in [-0.4, -0.2) is 10.8 Å². The number of hydrogen-bond donors (Lipinski definition) is 2. The van der Waals surface area contributed by atoms with Gasteiger partial charge in [0.2, 0.25) is 0 Å². The van der Waals surface area contributed by atoms with E-state index in [9.17, 15) is 5.11 Å². The van der Waals surface area contributed by atoms with Crippen molar-refractivity contribution in [3.8, 4) is 0 Å². The fourth-order valence-corrected chi connectivity index (χ4v) is 1.79. The zero-order valence-corrected chi connectivity index (χ0v) is 8.62. The van der Waals surface area contributed by atoms with Crippen molar-refractivity contribution in [2.45, 2.75) is 32.9 Å². The number of aliphatic hydroxyl groups is 1. The van der Waals surface area contributed by atoms with Crippen molar-refractivity contribution in [3.63, 3.8) is 0 Å². The van der Waals surface area contributed by atoms with E-state index in [0.29, 0.717) is 5.92 Å². The summed E-state index contributed by atoms with van der Waals surface area (Å²) in [5, 5.41) is 9.74. The van der Waals surface area contributed by atoms with E-state index in [4.69, 9.17) is 5.73 Å². The second-order valence-corrected chi connectivity index (χ2v) is 4.24. The summed E-state index contributed by atoms with van der Waals surface area (Å²) in [7, 11) is 0. The summed E-state index contributed by atoms with van der Waals surface area (Å²) in [4.78, 5) is 0. The SMILES string of the molecule is CC(C)C1C=CCC=C1C(C)(N)O. The molecule has 0 aromatic rings. The minimum absolute atomic E-state index is 0.286. The predicted molar refractivity (Wildman–Crippen MR) is 55.0 cm³/mol. The standard InChI is InChI=1S/C11H19NO/c1-8(2)9-6-4-5-7-10(9)11(3,12)13/h4,6-9,13H,5,12H2,1-3H3. The van der Waals surface area contributed by atoms with Crippen LogP contribution in [0.4, 0.5) is 0 Å². The average Bonchev–Trinajstić information content (AvgIpc) is 2.03. The Bertz CT molecular complexity index is 233. The fraction of sp³-hybridized carbons (Fsp3) is 0.636. The maximum atomic E-state index is 9.74. The Hall–Kier alpha value is -0.600. The Labute approximate surface area is 80.1 Å². The minimum atomic E-state index is -1.17. The predicted octanol–water partition coefficient (Wildman–Crippen LogP) is 1.81. The summed E-state index contributed by atoms with van der Waals surface area (Å²) in [6.07, 6.45) is 7.18. The molecule has 1 aliphatic carbocycles. The molecular weight excluding hydrogens is 162 g/mol. The smallest absolute Gasteiger partial charge is 0.133 e. The molecule has 2 unspecified atom stereocenters. The number of rotatable bonds is 2. The Morgan fingerprint density at radius 3 is 2.62 bits per heavy atom. The maximum absolute atomic E-state index is 9.74. The molecule has 0 amide bonds. The van der Waals surface area contributed by atoms with E-state index >= 15 is 0 Å². The summed E-state index contributed by atoms with van der Waals surface area (Å²) in [6.45, 7) is 5.92. The van der Waals surface area contributed by atoms with E-state index in [2.05, 4.69) is 26.0 Å². The summed E-state index contributed by atoms with van der Waals surface area (Å²) in [6, 6.07) is 0. The third-order valence-corrected chi connectivity index (χ3v) is 2.48. The number of nitrogens with two attached hydrogens (primary N) is 1. The van der Waals surface area contributed by atoms with Crippen LogP contribution < -0.4 is 5.73 Å². The van der Waals surface area contributed by atoms with Gasteiger partial charge in [0.25, 0.3) is 0 Å². The van der Waals surface area contributed by atoms with Crippen LogP contribution in [0.15, 0.2) is 23.8 Å². The average molecular weight is 181 g/mol. The van der Waals surface area contributed by atoms with Gasteiger partial charge in [-0.15, -0.1) is 0 Å². The molecule has 2 heteroatoms. The molecule has 0 saturated heterocycles. The van der Waals surface area contributed by atoms with Crippen molar-refractivity contribution in [1.82, 2.24) is 0 Å². The molecule has 0 saturated carbocycles. The molecule has 74 valence electrons. The van der Waals surface area contributed by atoms with Gasteiger partial charge in [-0.05, 0) is 24.8 Å². The lowest BCUT2D eigenvalue weighted by atomic mass is 9.80. The first-order valence-corrected chi connectivity index (χ1v) is 4.81. The molecule has 1 aliphatic rings. The van der Waals surface area contributed by atoms with Crippen LogP contribution in [0.2, 0.25) is 0 Å². The zero-order valence-electron chi connectivity index (χ0n) is 8.62. The minimum Gasteiger partial charge on any atom is -0.372 e. The maximum Gasteiger partial charge on any atom is 0.133 e. The highest BCUT2D eigenvalue weighted by molar-refractivity contribution is 5.26. The Balaban J connectivity index is 2.88. The number of hydrogen-bond acceptors (Lipinski definition) is 2.